The number of hydrogen-bond acceptors (Lipinski definition) is 5. The molecule has 0 aliphatic carbocycles. The van der Waals surface area contributed by atoms with Crippen LogP contribution in [-0.2, 0) is 11.3 Å². The van der Waals surface area contributed by atoms with Crippen LogP contribution in [0.5, 0.6) is 0 Å². The summed E-state index contributed by atoms with van der Waals surface area (Å²) in [6.45, 7) is 4.46. The van der Waals surface area contributed by atoms with Gasteiger partial charge in [-0.2, -0.15) is 0 Å². The molecule has 0 bridgehead atoms. The number of hydrogen-bond donors (Lipinski definition) is 1. The number of aromatic nitrogens is 2. The fourth-order valence-corrected chi connectivity index (χ4v) is 4.53. The van der Waals surface area contributed by atoms with Gasteiger partial charge in [0.1, 0.15) is 0 Å². The molecule has 1 aromatic heterocycles. The first-order valence-electron chi connectivity index (χ1n) is 11.1. The average molecular weight is 473 g/mol. The smallest absolute Gasteiger partial charge is 0.266 e. The number of nitrogens with zero attached hydrogens (tertiary/aromatic N) is 3. The molecule has 0 saturated carbocycles. The summed E-state index contributed by atoms with van der Waals surface area (Å²) in [4.78, 5) is 32.9. The summed E-state index contributed by atoms with van der Waals surface area (Å²) in [7, 11) is 3.99. The van der Waals surface area contributed by atoms with E-state index in [0.29, 0.717) is 22.6 Å². The number of aryl methyl sites for hydroxylation is 1. The first kappa shape index (κ1) is 23.6. The minimum Gasteiger partial charge on any atom is -0.378 e. The largest absolute Gasteiger partial charge is 0.378 e. The van der Waals surface area contributed by atoms with Gasteiger partial charge in [0.05, 0.1) is 22.3 Å². The van der Waals surface area contributed by atoms with Crippen LogP contribution in [0.15, 0.2) is 76.7 Å². The Balaban J connectivity index is 1.57. The Hall–Kier alpha value is -3.58. The first-order valence-corrected chi connectivity index (χ1v) is 12.1. The highest BCUT2D eigenvalue weighted by molar-refractivity contribution is 7.99. The molecule has 1 N–H and O–H groups in total. The van der Waals surface area contributed by atoms with E-state index >= 15 is 0 Å². The van der Waals surface area contributed by atoms with Crippen molar-refractivity contribution in [1.82, 2.24) is 14.9 Å². The van der Waals surface area contributed by atoms with Crippen molar-refractivity contribution in [2.24, 2.45) is 0 Å². The topological polar surface area (TPSA) is 67.2 Å². The predicted molar refractivity (Wildman–Crippen MR) is 140 cm³/mol. The Morgan fingerprint density at radius 1 is 1.00 bits per heavy atom. The van der Waals surface area contributed by atoms with Crippen LogP contribution in [0.3, 0.4) is 0 Å². The van der Waals surface area contributed by atoms with Gasteiger partial charge in [0.25, 0.3) is 5.56 Å². The summed E-state index contributed by atoms with van der Waals surface area (Å²) in [6.07, 6.45) is 0. The van der Waals surface area contributed by atoms with Crippen molar-refractivity contribution in [3.8, 4) is 5.69 Å². The minimum atomic E-state index is -0.136. The van der Waals surface area contributed by atoms with Crippen molar-refractivity contribution in [2.45, 2.75) is 25.5 Å². The third-order valence-corrected chi connectivity index (χ3v) is 6.78. The van der Waals surface area contributed by atoms with Crippen LogP contribution in [0.4, 0.5) is 5.69 Å². The van der Waals surface area contributed by atoms with Crippen LogP contribution in [0, 0.1) is 13.8 Å². The van der Waals surface area contributed by atoms with Crippen LogP contribution < -0.4 is 15.8 Å². The Bertz CT molecular complexity index is 1390. The molecular formula is C27H28N4O2S. The monoisotopic (exact) mass is 472 g/mol. The van der Waals surface area contributed by atoms with E-state index in [4.69, 9.17) is 4.98 Å². The van der Waals surface area contributed by atoms with Crippen molar-refractivity contribution in [2.75, 3.05) is 24.7 Å². The van der Waals surface area contributed by atoms with Crippen molar-refractivity contribution in [1.29, 1.82) is 0 Å². The number of benzene rings is 3. The van der Waals surface area contributed by atoms with Crippen LogP contribution >= 0.6 is 11.8 Å². The van der Waals surface area contributed by atoms with E-state index in [0.717, 1.165) is 28.1 Å². The maximum Gasteiger partial charge on any atom is 0.266 e. The average Bonchev–Trinajstić information content (AvgIpc) is 2.84. The number of rotatable bonds is 7. The van der Waals surface area contributed by atoms with Crippen LogP contribution in [0.1, 0.15) is 16.7 Å². The molecule has 0 unspecified atom stereocenters. The molecule has 1 amide bonds. The minimum absolute atomic E-state index is 0.114. The Morgan fingerprint density at radius 2 is 1.74 bits per heavy atom. The van der Waals surface area contributed by atoms with Crippen molar-refractivity contribution in [3.05, 3.63) is 93.8 Å². The zero-order valence-electron chi connectivity index (χ0n) is 19.8. The second-order valence-corrected chi connectivity index (χ2v) is 9.34. The highest BCUT2D eigenvalue weighted by Gasteiger charge is 2.16. The van der Waals surface area contributed by atoms with Gasteiger partial charge in [-0.05, 0) is 60.9 Å². The van der Waals surface area contributed by atoms with Gasteiger partial charge >= 0.3 is 0 Å². The molecule has 0 atom stereocenters. The highest BCUT2D eigenvalue weighted by Crippen LogP contribution is 2.24. The van der Waals surface area contributed by atoms with Crippen LogP contribution in [0.25, 0.3) is 16.6 Å². The van der Waals surface area contributed by atoms with Crippen molar-refractivity contribution >= 4 is 34.3 Å². The lowest BCUT2D eigenvalue weighted by Gasteiger charge is -2.16. The number of nitrogens with one attached hydrogen (secondary N) is 1. The van der Waals surface area contributed by atoms with E-state index < -0.39 is 0 Å². The molecule has 0 spiro atoms. The molecule has 0 fully saturated rings. The number of anilines is 1. The van der Waals surface area contributed by atoms with Gasteiger partial charge in [-0.25, -0.2) is 4.98 Å². The SMILES string of the molecule is Cc1cccc(-n2c(SCC(=O)NCc3ccc(N(C)C)cc3)nc3ccccc3c2=O)c1C. The molecule has 0 radical (unpaired) electrons. The van der Waals surface area contributed by atoms with Crippen LogP contribution in [-0.4, -0.2) is 35.3 Å². The lowest BCUT2D eigenvalue weighted by atomic mass is 10.1. The van der Waals surface area contributed by atoms with Gasteiger partial charge in [0.15, 0.2) is 5.16 Å². The Morgan fingerprint density at radius 3 is 2.47 bits per heavy atom. The molecule has 1 heterocycles. The zero-order valence-corrected chi connectivity index (χ0v) is 20.6. The second kappa shape index (κ2) is 10.1. The van der Waals surface area contributed by atoms with Gasteiger partial charge in [-0.3, -0.25) is 14.2 Å². The normalized spacial score (nSPS) is 10.9. The molecule has 174 valence electrons. The van der Waals surface area contributed by atoms with Gasteiger partial charge in [0.2, 0.25) is 5.91 Å². The third-order valence-electron chi connectivity index (χ3n) is 5.84. The summed E-state index contributed by atoms with van der Waals surface area (Å²) in [5.41, 5.74) is 5.51. The summed E-state index contributed by atoms with van der Waals surface area (Å²) >= 11 is 1.27. The fourth-order valence-electron chi connectivity index (χ4n) is 3.69. The van der Waals surface area contributed by atoms with Gasteiger partial charge in [0, 0.05) is 26.3 Å². The number of para-hydroxylation sites is 1. The van der Waals surface area contributed by atoms with Crippen molar-refractivity contribution in [3.63, 3.8) is 0 Å². The Labute approximate surface area is 203 Å². The van der Waals surface area contributed by atoms with E-state index in [9.17, 15) is 9.59 Å². The molecule has 0 aliphatic rings. The molecule has 4 rings (SSSR count). The highest BCUT2D eigenvalue weighted by atomic mass is 32.2. The van der Waals surface area contributed by atoms with E-state index in [2.05, 4.69) is 5.32 Å². The molecule has 6 nitrogen and oxygen atoms in total. The molecule has 3 aromatic carbocycles. The lowest BCUT2D eigenvalue weighted by Crippen LogP contribution is -2.26. The van der Waals surface area contributed by atoms with Gasteiger partial charge < -0.3 is 10.2 Å². The summed E-state index contributed by atoms with van der Waals surface area (Å²) < 4.78 is 1.63. The number of carbonyl (C=O) groups excluding carboxylic acids is 1. The number of carbonyl (C=O) groups is 1. The maximum absolute atomic E-state index is 13.4. The lowest BCUT2D eigenvalue weighted by molar-refractivity contribution is -0.118. The maximum atomic E-state index is 13.4. The summed E-state index contributed by atoms with van der Waals surface area (Å²) in [5, 5.41) is 4.02. The summed E-state index contributed by atoms with van der Waals surface area (Å²) in [6, 6.07) is 21.2. The number of amides is 1. The zero-order chi connectivity index (χ0) is 24.2. The Kier molecular flexibility index (Phi) is 7.03. The number of thioether (sulfide) groups is 1. The van der Waals surface area contributed by atoms with E-state index in [1.54, 1.807) is 10.6 Å². The molecular weight excluding hydrogens is 444 g/mol. The van der Waals surface area contributed by atoms with Crippen molar-refractivity contribution < 1.29 is 4.79 Å². The van der Waals surface area contributed by atoms with E-state index in [1.807, 2.05) is 93.5 Å². The van der Waals surface area contributed by atoms with E-state index in [-0.39, 0.29) is 17.2 Å². The standard InChI is InChI=1S/C27H28N4O2S/c1-18-8-7-11-24(19(18)2)31-26(33)22-9-5-6-10-23(22)29-27(31)34-17-25(32)28-16-20-12-14-21(15-13-20)30(3)4/h5-15H,16-17H2,1-4H3,(H,28,32). The molecule has 0 saturated heterocycles. The fraction of sp³-hybridized carbons (Fsp3) is 0.222. The van der Waals surface area contributed by atoms with Gasteiger partial charge in [-0.1, -0.05) is 48.2 Å². The quantitative estimate of drug-likeness (QED) is 0.317. The summed E-state index contributed by atoms with van der Waals surface area (Å²) in [5.74, 6) is 0.0439. The number of fused-ring (bicyclic) bond motifs is 1. The molecule has 7 heteroatoms. The van der Waals surface area contributed by atoms with E-state index in [1.165, 1.54) is 11.8 Å². The third kappa shape index (κ3) is 4.99. The first-order chi connectivity index (χ1) is 16.3. The molecule has 4 aromatic rings. The molecule has 0 aliphatic heterocycles. The van der Waals surface area contributed by atoms with Crippen LogP contribution in [0.2, 0.25) is 0 Å². The predicted octanol–water partition coefficient (Wildman–Crippen LogP) is 4.48. The molecule has 34 heavy (non-hydrogen) atoms. The second-order valence-electron chi connectivity index (χ2n) is 8.40. The van der Waals surface area contributed by atoms with Gasteiger partial charge in [-0.15, -0.1) is 0 Å².